The van der Waals surface area contributed by atoms with E-state index in [4.69, 9.17) is 9.40 Å². The van der Waals surface area contributed by atoms with Gasteiger partial charge in [0.25, 0.3) is 5.91 Å². The van der Waals surface area contributed by atoms with E-state index >= 15 is 0 Å². The molecule has 0 spiro atoms. The lowest BCUT2D eigenvalue weighted by atomic mass is 9.39. The number of halogens is 3. The Kier molecular flexibility index (Phi) is 6.66. The number of piperazine rings is 1. The first-order valence-corrected chi connectivity index (χ1v) is 16.8. The Bertz CT molecular complexity index is 2050. The molecule has 48 heavy (non-hydrogen) atoms. The molecule has 5 fully saturated rings. The van der Waals surface area contributed by atoms with Crippen molar-refractivity contribution in [3.63, 3.8) is 0 Å². The smallest absolute Gasteiger partial charge is 0.394 e. The molecule has 4 aliphatic carbocycles. The quantitative estimate of drug-likeness (QED) is 0.296. The number of anilines is 2. The molecule has 4 saturated carbocycles. The number of hydrogen-bond acceptors (Lipinski definition) is 10. The molecule has 9 rings (SSSR count). The van der Waals surface area contributed by atoms with Crippen LogP contribution in [-0.2, 0) is 17.8 Å². The lowest BCUT2D eigenvalue weighted by Crippen LogP contribution is -2.78. The predicted octanol–water partition coefficient (Wildman–Crippen LogP) is 4.03. The summed E-state index contributed by atoms with van der Waals surface area (Å²) in [7, 11) is 3.62. The van der Waals surface area contributed by atoms with Crippen molar-refractivity contribution in [2.45, 2.75) is 75.8 Å². The molecule has 0 radical (unpaired) electrons. The molecule has 1 saturated heterocycles. The van der Waals surface area contributed by atoms with Gasteiger partial charge in [-0.1, -0.05) is 18.3 Å². The van der Waals surface area contributed by atoms with Crippen molar-refractivity contribution in [1.29, 1.82) is 0 Å². The maximum atomic E-state index is 14.3. The van der Waals surface area contributed by atoms with E-state index < -0.39 is 23.0 Å². The van der Waals surface area contributed by atoms with Crippen LogP contribution in [0, 0.1) is 5.41 Å². The summed E-state index contributed by atoms with van der Waals surface area (Å²) in [5, 5.41) is 14.1. The number of aromatic hydroxyl groups is 1. The minimum Gasteiger partial charge on any atom is -0.507 e. The first-order chi connectivity index (χ1) is 22.8. The van der Waals surface area contributed by atoms with E-state index in [1.807, 2.05) is 25.9 Å². The van der Waals surface area contributed by atoms with E-state index in [2.05, 4.69) is 10.3 Å². The maximum Gasteiger partial charge on any atom is 0.394 e. The standard InChI is InChI=1S/C32H34F3N7O5S/c1-4-17-23(40-9-10-41(19-7-6-18(19)40)28(46)22-20(43)8-5-16-25(22)47-15-36-16)24(45)26-27(37-29(48-26)39(2)3)42(17)11-21(44)38-31-12-30(13-31,14-31)32(33,34)35/h5,8,15,18-19,43H,4,6-7,9-14H2,1-3H3,(H,38,44)/t18?,19-,30?,31?/m0/s1. The highest BCUT2D eigenvalue weighted by atomic mass is 32.1. The Labute approximate surface area is 276 Å². The maximum absolute atomic E-state index is 14.3. The fraction of sp³-hybridized carbons (Fsp3) is 0.531. The van der Waals surface area contributed by atoms with Crippen molar-refractivity contribution in [2.24, 2.45) is 5.41 Å². The molecule has 1 aliphatic heterocycles. The number of hydrogen-bond donors (Lipinski definition) is 2. The molecule has 1 unspecified atom stereocenters. The van der Waals surface area contributed by atoms with Gasteiger partial charge in [0.1, 0.15) is 33.8 Å². The Balaban J connectivity index is 1.13. The highest BCUT2D eigenvalue weighted by Crippen LogP contribution is 2.73. The van der Waals surface area contributed by atoms with Gasteiger partial charge in [0, 0.05) is 44.5 Å². The third-order valence-electron chi connectivity index (χ3n) is 10.8. The second-order valence-electron chi connectivity index (χ2n) is 13.8. The monoisotopic (exact) mass is 685 g/mol. The van der Waals surface area contributed by atoms with Crippen LogP contribution >= 0.6 is 11.3 Å². The van der Waals surface area contributed by atoms with Crippen LogP contribution in [0.3, 0.4) is 0 Å². The summed E-state index contributed by atoms with van der Waals surface area (Å²) in [4.78, 5) is 56.1. The molecular formula is C32H34F3N7O5S. The summed E-state index contributed by atoms with van der Waals surface area (Å²) >= 11 is 1.23. The fourth-order valence-electron chi connectivity index (χ4n) is 8.38. The van der Waals surface area contributed by atoms with Crippen LogP contribution in [0.1, 0.15) is 55.1 Å². The van der Waals surface area contributed by atoms with E-state index in [-0.39, 0.29) is 72.7 Å². The fourth-order valence-corrected chi connectivity index (χ4v) is 9.31. The van der Waals surface area contributed by atoms with Gasteiger partial charge in [-0.3, -0.25) is 14.4 Å². The van der Waals surface area contributed by atoms with Crippen molar-refractivity contribution in [3.8, 4) is 5.75 Å². The van der Waals surface area contributed by atoms with Gasteiger partial charge in [-0.2, -0.15) is 13.2 Å². The average Bonchev–Trinajstić information content (AvgIpc) is 3.63. The number of rotatable bonds is 7. The molecule has 2 atom stereocenters. The van der Waals surface area contributed by atoms with Gasteiger partial charge in [0.05, 0.1) is 11.5 Å². The number of nitrogens with one attached hydrogen (secondary N) is 1. The van der Waals surface area contributed by atoms with Crippen LogP contribution in [0.15, 0.2) is 27.7 Å². The number of benzene rings is 1. The zero-order valence-electron chi connectivity index (χ0n) is 26.6. The number of nitrogens with zero attached hydrogens (tertiary/aromatic N) is 6. The minimum absolute atomic E-state index is 0.0545. The second-order valence-corrected chi connectivity index (χ2v) is 14.8. The van der Waals surface area contributed by atoms with Crippen molar-refractivity contribution in [1.82, 2.24) is 24.8 Å². The van der Waals surface area contributed by atoms with Crippen LogP contribution in [-0.4, -0.2) is 87.3 Å². The van der Waals surface area contributed by atoms with Crippen LogP contribution in [0.25, 0.3) is 21.4 Å². The summed E-state index contributed by atoms with van der Waals surface area (Å²) in [5.74, 6) is -0.992. The SMILES string of the molecule is CCc1c(N2CCN(C(=O)c3c(O)ccc4ncoc34)[C@H]3CCC32)c(=O)c2sc(N(C)C)nc2n1CC(=O)NC12CC(C(F)(F)F)(C1)C2. The van der Waals surface area contributed by atoms with Gasteiger partial charge < -0.3 is 34.1 Å². The van der Waals surface area contributed by atoms with Gasteiger partial charge >= 0.3 is 6.18 Å². The molecule has 2 bridgehead atoms. The largest absolute Gasteiger partial charge is 0.507 e. The number of pyridine rings is 1. The lowest BCUT2D eigenvalue weighted by molar-refractivity contribution is -0.337. The summed E-state index contributed by atoms with van der Waals surface area (Å²) in [5.41, 5.74) is -0.581. The van der Waals surface area contributed by atoms with Gasteiger partial charge in [0.15, 0.2) is 22.8 Å². The Morgan fingerprint density at radius 1 is 1.17 bits per heavy atom. The molecule has 2 N–H and O–H groups in total. The molecule has 12 nitrogen and oxygen atoms in total. The molecule has 4 heterocycles. The van der Waals surface area contributed by atoms with E-state index in [1.165, 1.54) is 23.8 Å². The Morgan fingerprint density at radius 2 is 1.90 bits per heavy atom. The first kappa shape index (κ1) is 31.0. The molecule has 5 aliphatic rings. The van der Waals surface area contributed by atoms with Gasteiger partial charge in [-0.25, -0.2) is 9.97 Å². The van der Waals surface area contributed by atoms with E-state index in [1.54, 1.807) is 20.4 Å². The van der Waals surface area contributed by atoms with Crippen LogP contribution < -0.4 is 20.5 Å². The van der Waals surface area contributed by atoms with Crippen molar-refractivity contribution >= 4 is 55.4 Å². The second kappa shape index (κ2) is 10.3. The Morgan fingerprint density at radius 3 is 2.54 bits per heavy atom. The summed E-state index contributed by atoms with van der Waals surface area (Å²) < 4.78 is 48.0. The van der Waals surface area contributed by atoms with Gasteiger partial charge in [-0.05, 0) is 50.7 Å². The molecular weight excluding hydrogens is 651 g/mol. The lowest BCUT2D eigenvalue weighted by Gasteiger charge is -2.70. The average molecular weight is 686 g/mol. The summed E-state index contributed by atoms with van der Waals surface area (Å²) in [6.07, 6.45) is -1.58. The highest BCUT2D eigenvalue weighted by Gasteiger charge is 2.79. The molecule has 2 amide bonds. The number of amides is 2. The third-order valence-corrected chi connectivity index (χ3v) is 12.0. The number of phenols is 1. The topological polar surface area (TPSA) is 137 Å². The van der Waals surface area contributed by atoms with Crippen LogP contribution in [0.4, 0.5) is 24.0 Å². The molecule has 254 valence electrons. The van der Waals surface area contributed by atoms with Crippen LogP contribution in [0.5, 0.6) is 5.75 Å². The van der Waals surface area contributed by atoms with E-state index in [9.17, 15) is 32.7 Å². The van der Waals surface area contributed by atoms with E-state index in [0.29, 0.717) is 51.8 Å². The number of alkyl halides is 3. The highest BCUT2D eigenvalue weighted by molar-refractivity contribution is 7.22. The number of thiazole rings is 1. The summed E-state index contributed by atoms with van der Waals surface area (Å²) in [6.45, 7) is 2.31. The van der Waals surface area contributed by atoms with Crippen molar-refractivity contribution < 1.29 is 32.3 Å². The Hall–Kier alpha value is -4.34. The molecule has 3 aromatic heterocycles. The van der Waals surface area contributed by atoms with Gasteiger partial charge in [-0.15, -0.1) is 0 Å². The molecule has 1 aromatic carbocycles. The molecule has 4 aromatic rings. The van der Waals surface area contributed by atoms with Crippen molar-refractivity contribution in [2.75, 3.05) is 37.0 Å². The number of oxazole rings is 1. The predicted molar refractivity (Wildman–Crippen MR) is 172 cm³/mol. The zero-order chi connectivity index (χ0) is 33.9. The molecule has 16 heteroatoms. The third kappa shape index (κ3) is 4.29. The number of fused-ring (bicyclic) bond motifs is 3. The van der Waals surface area contributed by atoms with Crippen molar-refractivity contribution in [3.05, 3.63) is 40.0 Å². The number of carbonyl (C=O) groups excluding carboxylic acids is 2. The number of phenolic OH excluding ortho intramolecular Hbond substituents is 1. The van der Waals surface area contributed by atoms with E-state index in [0.717, 1.165) is 6.42 Å². The van der Waals surface area contributed by atoms with Crippen LogP contribution in [0.2, 0.25) is 0 Å². The first-order valence-electron chi connectivity index (χ1n) is 16.0. The number of aromatic nitrogens is 3. The summed E-state index contributed by atoms with van der Waals surface area (Å²) in [6, 6.07) is 2.59. The zero-order valence-corrected chi connectivity index (χ0v) is 27.4. The number of carbonyl (C=O) groups is 2. The minimum atomic E-state index is -4.28. The van der Waals surface area contributed by atoms with Gasteiger partial charge in [0.2, 0.25) is 11.3 Å². The normalized spacial score (nSPS) is 26.1.